The lowest BCUT2D eigenvalue weighted by Gasteiger charge is -2.42. The predicted molar refractivity (Wildman–Crippen MR) is 177 cm³/mol. The Morgan fingerprint density at radius 2 is 1.33 bits per heavy atom. The molecule has 0 saturated carbocycles. The molecular weight excluding hydrogens is 524 g/mol. The van der Waals surface area contributed by atoms with E-state index in [2.05, 4.69) is 136 Å². The summed E-state index contributed by atoms with van der Waals surface area (Å²) in [5.41, 5.74) is 12.2. The summed E-state index contributed by atoms with van der Waals surface area (Å²) in [7, 11) is 0. The van der Waals surface area contributed by atoms with E-state index in [1.54, 1.807) is 0 Å². The van der Waals surface area contributed by atoms with Gasteiger partial charge in [0, 0.05) is 34.4 Å². The number of aromatic nitrogens is 2. The number of hydrogen-bond acceptors (Lipinski definition) is 2. The summed E-state index contributed by atoms with van der Waals surface area (Å²) in [4.78, 5) is 10.5. The smallest absolute Gasteiger partial charge is 0.188 e. The Morgan fingerprint density at radius 1 is 0.651 bits per heavy atom. The molecule has 1 aliphatic heterocycles. The first kappa shape index (κ1) is 25.1. The topological polar surface area (TPSA) is 25.4 Å². The van der Waals surface area contributed by atoms with Crippen LogP contribution in [0.4, 0.5) is 22.7 Å². The number of hydrogen-bond donors (Lipinski definition) is 0. The maximum Gasteiger partial charge on any atom is 0.188 e. The molecule has 8 rings (SSSR count). The fraction of sp³-hybridized carbons (Fsp3) is 0.0769. The van der Waals surface area contributed by atoms with Crippen molar-refractivity contribution >= 4 is 44.6 Å². The van der Waals surface area contributed by atoms with Crippen molar-refractivity contribution in [3.05, 3.63) is 156 Å². The first-order valence-electron chi connectivity index (χ1n) is 14.5. The largest absolute Gasteiger partial charge is 0.309 e. The van der Waals surface area contributed by atoms with Crippen molar-refractivity contribution in [2.24, 2.45) is 0 Å². The summed E-state index contributed by atoms with van der Waals surface area (Å²) in [5, 5.41) is 2.07. The molecule has 0 aliphatic carbocycles. The first-order chi connectivity index (χ1) is 21.1. The van der Waals surface area contributed by atoms with E-state index in [-0.39, 0.29) is 5.41 Å². The van der Waals surface area contributed by atoms with Crippen LogP contribution >= 0.6 is 0 Å². The third kappa shape index (κ3) is 3.72. The Balaban J connectivity index is 1.34. The van der Waals surface area contributed by atoms with Crippen molar-refractivity contribution in [3.63, 3.8) is 0 Å². The van der Waals surface area contributed by atoms with Crippen LogP contribution in [0.25, 0.3) is 43.5 Å². The van der Waals surface area contributed by atoms with Crippen LogP contribution in [-0.4, -0.2) is 9.55 Å². The normalized spacial score (nSPS) is 13.5. The molecule has 5 aromatic carbocycles. The van der Waals surface area contributed by atoms with Gasteiger partial charge in [-0.05, 0) is 70.6 Å². The molecule has 204 valence electrons. The van der Waals surface area contributed by atoms with Gasteiger partial charge in [0.2, 0.25) is 0 Å². The Hall–Kier alpha value is -5.66. The molecule has 4 nitrogen and oxygen atoms in total. The number of fused-ring (bicyclic) bond motifs is 5. The Kier molecular flexibility index (Phi) is 5.51. The van der Waals surface area contributed by atoms with Crippen LogP contribution in [0.5, 0.6) is 0 Å². The SMILES string of the molecule is [C-]#[N+]c1ccc2c(c1)c1cnccc1n2-c1cccc(-c2ccccc2N2c3ccccc3C(C)(C)c3ccccc32)c1. The second kappa shape index (κ2) is 9.44. The monoisotopic (exact) mass is 552 g/mol. The summed E-state index contributed by atoms with van der Waals surface area (Å²) < 4.78 is 2.28. The summed E-state index contributed by atoms with van der Waals surface area (Å²) in [6.07, 6.45) is 3.73. The molecule has 0 spiro atoms. The molecule has 0 saturated heterocycles. The number of nitrogens with zero attached hydrogens (tertiary/aromatic N) is 4. The molecule has 2 aromatic heterocycles. The molecule has 0 bridgehead atoms. The number of benzene rings is 5. The molecule has 0 N–H and O–H groups in total. The molecule has 0 unspecified atom stereocenters. The minimum absolute atomic E-state index is 0.114. The van der Waals surface area contributed by atoms with Gasteiger partial charge < -0.3 is 9.47 Å². The molecule has 0 amide bonds. The maximum absolute atomic E-state index is 7.54. The third-order valence-corrected chi connectivity index (χ3v) is 8.88. The third-order valence-electron chi connectivity index (χ3n) is 8.88. The number of rotatable bonds is 3. The average Bonchev–Trinajstić information content (AvgIpc) is 3.39. The van der Waals surface area contributed by atoms with Gasteiger partial charge in [-0.1, -0.05) is 86.6 Å². The quantitative estimate of drug-likeness (QED) is 0.204. The van der Waals surface area contributed by atoms with E-state index in [9.17, 15) is 0 Å². The average molecular weight is 553 g/mol. The van der Waals surface area contributed by atoms with Crippen LogP contribution in [0, 0.1) is 6.57 Å². The van der Waals surface area contributed by atoms with E-state index < -0.39 is 0 Å². The van der Waals surface area contributed by atoms with Crippen molar-refractivity contribution in [3.8, 4) is 16.8 Å². The van der Waals surface area contributed by atoms with Gasteiger partial charge in [-0.25, -0.2) is 4.85 Å². The first-order valence-corrected chi connectivity index (χ1v) is 14.5. The van der Waals surface area contributed by atoms with Gasteiger partial charge in [-0.2, -0.15) is 0 Å². The lowest BCUT2D eigenvalue weighted by Crippen LogP contribution is -2.30. The minimum Gasteiger partial charge on any atom is -0.309 e. The second-order valence-corrected chi connectivity index (χ2v) is 11.6. The van der Waals surface area contributed by atoms with Gasteiger partial charge in [0.05, 0.1) is 34.7 Å². The zero-order chi connectivity index (χ0) is 29.1. The van der Waals surface area contributed by atoms with Crippen molar-refractivity contribution < 1.29 is 0 Å². The number of para-hydroxylation sites is 3. The van der Waals surface area contributed by atoms with E-state index >= 15 is 0 Å². The summed E-state index contributed by atoms with van der Waals surface area (Å²) in [5.74, 6) is 0. The Labute approximate surface area is 250 Å². The van der Waals surface area contributed by atoms with Crippen LogP contribution < -0.4 is 4.90 Å². The van der Waals surface area contributed by atoms with Gasteiger partial charge in [0.25, 0.3) is 0 Å². The van der Waals surface area contributed by atoms with E-state index in [0.717, 1.165) is 44.3 Å². The molecule has 0 fully saturated rings. The zero-order valence-electron chi connectivity index (χ0n) is 24.0. The standard InChI is InChI=1S/C39H28N4/c1-39(2)32-14-5-8-17-37(32)43(38-18-9-6-15-33(38)39)34-16-7-4-13-29(34)26-11-10-12-28(23-26)42-35-20-19-27(40-3)24-30(35)31-25-41-22-21-36(31)42/h4-25H,1-2H3. The van der Waals surface area contributed by atoms with E-state index in [0.29, 0.717) is 5.69 Å². The lowest BCUT2D eigenvalue weighted by atomic mass is 9.73. The van der Waals surface area contributed by atoms with E-state index in [4.69, 9.17) is 6.57 Å². The predicted octanol–water partition coefficient (Wildman–Crippen LogP) is 10.5. The Bertz CT molecular complexity index is 2200. The fourth-order valence-electron chi connectivity index (χ4n) is 6.86. The van der Waals surface area contributed by atoms with Crippen LogP contribution in [0.15, 0.2) is 134 Å². The van der Waals surface area contributed by atoms with Crippen molar-refractivity contribution in [2.45, 2.75) is 19.3 Å². The van der Waals surface area contributed by atoms with Crippen molar-refractivity contribution in [2.75, 3.05) is 4.90 Å². The second-order valence-electron chi connectivity index (χ2n) is 11.6. The molecule has 4 heteroatoms. The zero-order valence-corrected chi connectivity index (χ0v) is 24.0. The molecule has 0 radical (unpaired) electrons. The number of anilines is 3. The molecular formula is C39H28N4. The highest BCUT2D eigenvalue weighted by molar-refractivity contribution is 6.10. The highest BCUT2D eigenvalue weighted by Gasteiger charge is 2.37. The summed E-state index contributed by atoms with van der Waals surface area (Å²) >= 11 is 0. The van der Waals surface area contributed by atoms with Crippen LogP contribution in [-0.2, 0) is 5.41 Å². The van der Waals surface area contributed by atoms with Crippen molar-refractivity contribution in [1.82, 2.24) is 9.55 Å². The van der Waals surface area contributed by atoms with Gasteiger partial charge in [0.15, 0.2) is 5.69 Å². The van der Waals surface area contributed by atoms with Gasteiger partial charge >= 0.3 is 0 Å². The van der Waals surface area contributed by atoms with E-state index in [1.165, 1.54) is 22.5 Å². The molecule has 3 heterocycles. The maximum atomic E-state index is 7.54. The van der Waals surface area contributed by atoms with Gasteiger partial charge in [-0.15, -0.1) is 0 Å². The van der Waals surface area contributed by atoms with Crippen LogP contribution in [0.1, 0.15) is 25.0 Å². The van der Waals surface area contributed by atoms with Crippen LogP contribution in [0.3, 0.4) is 0 Å². The lowest BCUT2D eigenvalue weighted by molar-refractivity contribution is 0.632. The summed E-state index contributed by atoms with van der Waals surface area (Å²) in [6, 6.07) is 43.0. The van der Waals surface area contributed by atoms with Gasteiger partial charge in [0.1, 0.15) is 0 Å². The Morgan fingerprint density at radius 3 is 2.07 bits per heavy atom. The minimum atomic E-state index is -0.114. The highest BCUT2D eigenvalue weighted by atomic mass is 15.2. The van der Waals surface area contributed by atoms with Crippen LogP contribution in [0.2, 0.25) is 0 Å². The van der Waals surface area contributed by atoms with E-state index in [1.807, 2.05) is 30.6 Å². The summed E-state index contributed by atoms with van der Waals surface area (Å²) in [6.45, 7) is 12.2. The fourth-order valence-corrected chi connectivity index (χ4v) is 6.86. The van der Waals surface area contributed by atoms with Crippen molar-refractivity contribution in [1.29, 1.82) is 0 Å². The number of pyridine rings is 1. The van der Waals surface area contributed by atoms with Gasteiger partial charge in [-0.3, -0.25) is 4.98 Å². The molecule has 7 aromatic rings. The molecule has 0 atom stereocenters. The molecule has 43 heavy (non-hydrogen) atoms. The highest BCUT2D eigenvalue weighted by Crippen LogP contribution is 2.53. The molecule has 1 aliphatic rings.